The van der Waals surface area contributed by atoms with Crippen LogP contribution in [-0.4, -0.2) is 25.3 Å². The van der Waals surface area contributed by atoms with E-state index in [-0.39, 0.29) is 6.04 Å². The lowest BCUT2D eigenvalue weighted by Crippen LogP contribution is -2.38. The van der Waals surface area contributed by atoms with Crippen LogP contribution in [-0.2, 0) is 10.0 Å². The molecule has 4 nitrogen and oxygen atoms in total. The molecule has 106 valence electrons. The van der Waals surface area contributed by atoms with Gasteiger partial charge in [-0.1, -0.05) is 19.8 Å². The van der Waals surface area contributed by atoms with Gasteiger partial charge in [-0.25, -0.2) is 8.42 Å². The van der Waals surface area contributed by atoms with Crippen molar-refractivity contribution in [1.82, 2.24) is 4.31 Å². The lowest BCUT2D eigenvalue weighted by atomic mass is 10.2. The standard InChI is InChI=1S/C14H22N2O2S/c1-3-16(12-6-4-5-7-12)19(17,18)13-8-9-14(15)11(2)10-13/h8-10,12H,3-7,15H2,1-2H3. The van der Waals surface area contributed by atoms with Gasteiger partial charge in [-0.2, -0.15) is 4.31 Å². The minimum Gasteiger partial charge on any atom is -0.399 e. The van der Waals surface area contributed by atoms with E-state index in [0.29, 0.717) is 17.1 Å². The molecule has 1 aromatic carbocycles. The minimum atomic E-state index is -3.40. The average molecular weight is 282 g/mol. The first-order valence-corrected chi connectivity index (χ1v) is 8.28. The third kappa shape index (κ3) is 2.77. The topological polar surface area (TPSA) is 63.4 Å². The Morgan fingerprint density at radius 1 is 1.32 bits per heavy atom. The maximum atomic E-state index is 12.7. The van der Waals surface area contributed by atoms with E-state index in [2.05, 4.69) is 0 Å². The molecule has 0 bridgehead atoms. The molecule has 0 aromatic heterocycles. The minimum absolute atomic E-state index is 0.160. The van der Waals surface area contributed by atoms with Crippen LogP contribution in [0.15, 0.2) is 23.1 Å². The number of hydrogen-bond donors (Lipinski definition) is 1. The fourth-order valence-electron chi connectivity index (χ4n) is 2.76. The molecule has 0 radical (unpaired) electrons. The van der Waals surface area contributed by atoms with Crippen molar-refractivity contribution < 1.29 is 8.42 Å². The fourth-order valence-corrected chi connectivity index (χ4v) is 4.54. The van der Waals surface area contributed by atoms with Crippen molar-refractivity contribution in [3.8, 4) is 0 Å². The molecule has 0 unspecified atom stereocenters. The number of hydrogen-bond acceptors (Lipinski definition) is 3. The van der Waals surface area contributed by atoms with Crippen LogP contribution >= 0.6 is 0 Å². The number of sulfonamides is 1. The van der Waals surface area contributed by atoms with Crippen LogP contribution in [0.25, 0.3) is 0 Å². The highest BCUT2D eigenvalue weighted by atomic mass is 32.2. The van der Waals surface area contributed by atoms with Gasteiger partial charge >= 0.3 is 0 Å². The van der Waals surface area contributed by atoms with Crippen LogP contribution in [0.5, 0.6) is 0 Å². The Labute approximate surface area is 115 Å². The summed E-state index contributed by atoms with van der Waals surface area (Å²) in [6, 6.07) is 5.11. The van der Waals surface area contributed by atoms with Crippen LogP contribution in [0.2, 0.25) is 0 Å². The first-order valence-electron chi connectivity index (χ1n) is 6.84. The second kappa shape index (κ2) is 5.51. The molecule has 2 N–H and O–H groups in total. The van der Waals surface area contributed by atoms with Crippen molar-refractivity contribution in [2.24, 2.45) is 0 Å². The van der Waals surface area contributed by atoms with Crippen LogP contribution in [0, 0.1) is 6.92 Å². The molecular weight excluding hydrogens is 260 g/mol. The monoisotopic (exact) mass is 282 g/mol. The molecule has 1 aromatic rings. The van der Waals surface area contributed by atoms with Gasteiger partial charge in [-0.3, -0.25) is 0 Å². The molecule has 0 saturated heterocycles. The van der Waals surface area contributed by atoms with Gasteiger partial charge < -0.3 is 5.73 Å². The second-order valence-corrected chi connectivity index (χ2v) is 7.06. The van der Waals surface area contributed by atoms with Gasteiger partial charge in [0.15, 0.2) is 0 Å². The molecule has 2 rings (SSSR count). The zero-order valence-corrected chi connectivity index (χ0v) is 12.4. The van der Waals surface area contributed by atoms with E-state index in [1.54, 1.807) is 22.5 Å². The molecule has 0 spiro atoms. The van der Waals surface area contributed by atoms with Crippen molar-refractivity contribution in [3.05, 3.63) is 23.8 Å². The van der Waals surface area contributed by atoms with Crippen LogP contribution in [0.3, 0.4) is 0 Å². The Hall–Kier alpha value is -1.07. The van der Waals surface area contributed by atoms with Gasteiger partial charge in [-0.15, -0.1) is 0 Å². The van der Waals surface area contributed by atoms with Gasteiger partial charge in [0.1, 0.15) is 0 Å². The maximum absolute atomic E-state index is 12.7. The first kappa shape index (κ1) is 14.3. The van der Waals surface area contributed by atoms with E-state index < -0.39 is 10.0 Å². The highest BCUT2D eigenvalue weighted by Gasteiger charge is 2.31. The Balaban J connectivity index is 2.36. The quantitative estimate of drug-likeness (QED) is 0.863. The number of rotatable bonds is 4. The third-order valence-electron chi connectivity index (χ3n) is 3.89. The zero-order valence-electron chi connectivity index (χ0n) is 11.6. The number of nitrogens with zero attached hydrogens (tertiary/aromatic N) is 1. The van der Waals surface area contributed by atoms with Crippen LogP contribution in [0.1, 0.15) is 38.2 Å². The third-order valence-corrected chi connectivity index (χ3v) is 5.91. The molecule has 1 aliphatic rings. The summed E-state index contributed by atoms with van der Waals surface area (Å²) in [4.78, 5) is 0.355. The SMILES string of the molecule is CCN(C1CCCC1)S(=O)(=O)c1ccc(N)c(C)c1. The van der Waals surface area contributed by atoms with E-state index in [4.69, 9.17) is 5.73 Å². The van der Waals surface area contributed by atoms with Crippen molar-refractivity contribution in [2.75, 3.05) is 12.3 Å². The van der Waals surface area contributed by atoms with Crippen molar-refractivity contribution in [2.45, 2.75) is 50.5 Å². The van der Waals surface area contributed by atoms with E-state index in [0.717, 1.165) is 31.2 Å². The normalized spacial score (nSPS) is 17.2. The Morgan fingerprint density at radius 2 is 1.95 bits per heavy atom. The van der Waals surface area contributed by atoms with E-state index in [9.17, 15) is 8.42 Å². The van der Waals surface area contributed by atoms with E-state index in [1.165, 1.54) is 0 Å². The van der Waals surface area contributed by atoms with Gasteiger partial charge in [0.05, 0.1) is 4.90 Å². The Kier molecular flexibility index (Phi) is 4.16. The number of aryl methyl sites for hydroxylation is 1. The number of nitrogen functional groups attached to an aromatic ring is 1. The van der Waals surface area contributed by atoms with Gasteiger partial charge in [0.2, 0.25) is 10.0 Å². The summed E-state index contributed by atoms with van der Waals surface area (Å²) in [5.74, 6) is 0. The average Bonchev–Trinajstić information content (AvgIpc) is 2.86. The molecule has 0 atom stereocenters. The number of benzene rings is 1. The summed E-state index contributed by atoms with van der Waals surface area (Å²) >= 11 is 0. The van der Waals surface area contributed by atoms with Crippen molar-refractivity contribution in [1.29, 1.82) is 0 Å². The predicted molar refractivity (Wildman–Crippen MR) is 77.4 cm³/mol. The molecule has 0 aliphatic heterocycles. The molecule has 1 aliphatic carbocycles. The summed E-state index contributed by atoms with van der Waals surface area (Å²) in [5, 5.41) is 0. The Bertz CT molecular complexity index is 549. The highest BCUT2D eigenvalue weighted by Crippen LogP contribution is 2.29. The van der Waals surface area contributed by atoms with E-state index in [1.807, 2.05) is 13.8 Å². The molecule has 0 amide bonds. The van der Waals surface area contributed by atoms with Crippen molar-refractivity contribution >= 4 is 15.7 Å². The molecule has 0 heterocycles. The smallest absolute Gasteiger partial charge is 0.243 e. The van der Waals surface area contributed by atoms with Gasteiger partial charge in [-0.05, 0) is 43.5 Å². The fraction of sp³-hybridized carbons (Fsp3) is 0.571. The molecular formula is C14H22N2O2S. The maximum Gasteiger partial charge on any atom is 0.243 e. The van der Waals surface area contributed by atoms with Crippen LogP contribution in [0.4, 0.5) is 5.69 Å². The zero-order chi connectivity index (χ0) is 14.0. The highest BCUT2D eigenvalue weighted by molar-refractivity contribution is 7.89. The summed E-state index contributed by atoms with van der Waals surface area (Å²) < 4.78 is 27.0. The first-order chi connectivity index (χ1) is 8.96. The van der Waals surface area contributed by atoms with Crippen LogP contribution < -0.4 is 5.73 Å². The predicted octanol–water partition coefficient (Wildman–Crippen LogP) is 2.53. The van der Waals surface area contributed by atoms with Gasteiger partial charge in [0, 0.05) is 18.3 Å². The Morgan fingerprint density at radius 3 is 2.47 bits per heavy atom. The van der Waals surface area contributed by atoms with Crippen molar-refractivity contribution in [3.63, 3.8) is 0 Å². The number of anilines is 1. The summed E-state index contributed by atoms with van der Waals surface area (Å²) in [7, 11) is -3.40. The molecule has 1 fully saturated rings. The largest absolute Gasteiger partial charge is 0.399 e. The summed E-state index contributed by atoms with van der Waals surface area (Å²) in [6.07, 6.45) is 4.19. The summed E-state index contributed by atoms with van der Waals surface area (Å²) in [6.45, 7) is 4.26. The second-order valence-electron chi connectivity index (χ2n) is 5.17. The lowest BCUT2D eigenvalue weighted by Gasteiger charge is -2.27. The lowest BCUT2D eigenvalue weighted by molar-refractivity contribution is 0.335. The summed E-state index contributed by atoms with van der Waals surface area (Å²) in [5.41, 5.74) is 7.19. The molecule has 1 saturated carbocycles. The van der Waals surface area contributed by atoms with E-state index >= 15 is 0 Å². The van der Waals surface area contributed by atoms with Gasteiger partial charge in [0.25, 0.3) is 0 Å². The number of nitrogens with two attached hydrogens (primary N) is 1. The molecule has 5 heteroatoms. The molecule has 19 heavy (non-hydrogen) atoms.